The molecular weight excluding hydrogens is 274 g/mol. The summed E-state index contributed by atoms with van der Waals surface area (Å²) in [6.07, 6.45) is 16.1. The van der Waals surface area contributed by atoms with Crippen LogP contribution in [0.4, 0.5) is 0 Å². The summed E-state index contributed by atoms with van der Waals surface area (Å²) in [6.45, 7) is 1.33. The number of hydrogen-bond acceptors (Lipinski definition) is 1. The van der Waals surface area contributed by atoms with Crippen molar-refractivity contribution < 1.29 is 0 Å². The van der Waals surface area contributed by atoms with Crippen LogP contribution in [-0.4, -0.2) is 28.9 Å². The zero-order valence-electron chi connectivity index (χ0n) is 11.2. The summed E-state index contributed by atoms with van der Waals surface area (Å²) >= 11 is 3.60. The summed E-state index contributed by atoms with van der Waals surface area (Å²) in [5.74, 6) is 0. The molecule has 0 N–H and O–H groups in total. The fourth-order valence-corrected chi connectivity index (χ4v) is 3.98. The zero-order valence-corrected chi connectivity index (χ0v) is 12.8. The second-order valence-electron chi connectivity index (χ2n) is 5.86. The predicted molar refractivity (Wildman–Crippen MR) is 78.9 cm³/mol. The van der Waals surface area contributed by atoms with Gasteiger partial charge in [-0.2, -0.15) is 0 Å². The van der Waals surface area contributed by atoms with Crippen LogP contribution in [0.5, 0.6) is 0 Å². The van der Waals surface area contributed by atoms with E-state index in [4.69, 9.17) is 0 Å². The van der Waals surface area contributed by atoms with Crippen molar-refractivity contribution in [3.63, 3.8) is 0 Å². The maximum absolute atomic E-state index is 3.60. The van der Waals surface area contributed by atoms with Gasteiger partial charge in [-0.1, -0.05) is 54.5 Å². The third-order valence-electron chi connectivity index (χ3n) is 4.64. The molecule has 0 radical (unpaired) electrons. The maximum atomic E-state index is 3.60. The molecule has 0 aromatic carbocycles. The molecule has 17 heavy (non-hydrogen) atoms. The van der Waals surface area contributed by atoms with E-state index >= 15 is 0 Å². The maximum Gasteiger partial charge on any atom is 0.00981 e. The van der Waals surface area contributed by atoms with Gasteiger partial charge in [0.05, 0.1) is 0 Å². The van der Waals surface area contributed by atoms with E-state index in [-0.39, 0.29) is 0 Å². The molecule has 0 heterocycles. The molecule has 2 heteroatoms. The van der Waals surface area contributed by atoms with Crippen LogP contribution in [0, 0.1) is 0 Å². The molecule has 2 saturated carbocycles. The van der Waals surface area contributed by atoms with Crippen molar-refractivity contribution >= 4 is 15.9 Å². The lowest BCUT2D eigenvalue weighted by atomic mass is 9.88. The van der Waals surface area contributed by atoms with Gasteiger partial charge < -0.3 is 0 Å². The summed E-state index contributed by atoms with van der Waals surface area (Å²) in [5, 5.41) is 1.17. The average molecular weight is 302 g/mol. The Bertz CT molecular complexity index is 177. The molecule has 0 amide bonds. The second-order valence-corrected chi connectivity index (χ2v) is 6.66. The highest BCUT2D eigenvalue weighted by atomic mass is 79.9. The van der Waals surface area contributed by atoms with Gasteiger partial charge >= 0.3 is 0 Å². The Balaban J connectivity index is 1.90. The topological polar surface area (TPSA) is 3.24 Å². The third kappa shape index (κ3) is 4.24. The summed E-state index contributed by atoms with van der Waals surface area (Å²) in [7, 11) is 0. The minimum Gasteiger partial charge on any atom is -0.297 e. The summed E-state index contributed by atoms with van der Waals surface area (Å²) in [4.78, 5) is 2.90. The van der Waals surface area contributed by atoms with Crippen LogP contribution in [0.2, 0.25) is 0 Å². The number of alkyl halides is 1. The smallest absolute Gasteiger partial charge is 0.00981 e. The molecule has 100 valence electrons. The van der Waals surface area contributed by atoms with E-state index in [1.165, 1.54) is 82.5 Å². The van der Waals surface area contributed by atoms with Crippen LogP contribution in [0.25, 0.3) is 0 Å². The first-order valence-corrected chi connectivity index (χ1v) is 8.85. The minimum absolute atomic E-state index is 0.922. The molecule has 0 aromatic heterocycles. The van der Waals surface area contributed by atoms with Crippen LogP contribution >= 0.6 is 15.9 Å². The molecular formula is C15H28BrN. The molecule has 0 aromatic rings. The molecule has 0 saturated heterocycles. The van der Waals surface area contributed by atoms with Gasteiger partial charge in [-0.3, -0.25) is 4.90 Å². The first kappa shape index (κ1) is 13.9. The molecule has 2 aliphatic rings. The fraction of sp³-hybridized carbons (Fsp3) is 1.00. The molecule has 0 bridgehead atoms. The standard InChI is InChI=1S/C15H28BrN/c16-12-7-13-17(14-8-3-1-4-9-14)15-10-5-2-6-11-15/h14-15H,1-13H2. The van der Waals surface area contributed by atoms with E-state index in [2.05, 4.69) is 20.8 Å². The first-order valence-electron chi connectivity index (χ1n) is 7.73. The van der Waals surface area contributed by atoms with E-state index in [9.17, 15) is 0 Å². The van der Waals surface area contributed by atoms with Crippen molar-refractivity contribution in [1.29, 1.82) is 0 Å². The van der Waals surface area contributed by atoms with Crippen LogP contribution in [0.15, 0.2) is 0 Å². The quantitative estimate of drug-likeness (QED) is 0.663. The molecule has 2 fully saturated rings. The number of halogens is 1. The second kappa shape index (κ2) is 7.78. The molecule has 0 spiro atoms. The van der Waals surface area contributed by atoms with Crippen molar-refractivity contribution in [3.8, 4) is 0 Å². The average Bonchev–Trinajstić information content (AvgIpc) is 2.42. The summed E-state index contributed by atoms with van der Waals surface area (Å²) < 4.78 is 0. The summed E-state index contributed by atoms with van der Waals surface area (Å²) in [5.41, 5.74) is 0. The Kier molecular flexibility index (Phi) is 6.35. The van der Waals surface area contributed by atoms with Crippen molar-refractivity contribution in [3.05, 3.63) is 0 Å². The molecule has 0 aliphatic heterocycles. The number of hydrogen-bond donors (Lipinski definition) is 0. The van der Waals surface area contributed by atoms with E-state index < -0.39 is 0 Å². The van der Waals surface area contributed by atoms with E-state index in [0.29, 0.717) is 0 Å². The third-order valence-corrected chi connectivity index (χ3v) is 5.20. The van der Waals surface area contributed by atoms with E-state index in [1.54, 1.807) is 0 Å². The van der Waals surface area contributed by atoms with Crippen molar-refractivity contribution in [1.82, 2.24) is 4.90 Å². The first-order chi connectivity index (χ1) is 8.42. The molecule has 0 unspecified atom stereocenters. The lowest BCUT2D eigenvalue weighted by molar-refractivity contribution is 0.0814. The fourth-order valence-electron chi connectivity index (χ4n) is 3.73. The van der Waals surface area contributed by atoms with Gasteiger partial charge in [0, 0.05) is 17.4 Å². The van der Waals surface area contributed by atoms with Gasteiger partial charge in [0.25, 0.3) is 0 Å². The van der Waals surface area contributed by atoms with Crippen molar-refractivity contribution in [2.45, 2.75) is 82.7 Å². The highest BCUT2D eigenvalue weighted by molar-refractivity contribution is 9.09. The SMILES string of the molecule is BrCCCN(C1CCCCC1)C1CCCCC1. The Morgan fingerprint density at radius 2 is 1.24 bits per heavy atom. The van der Waals surface area contributed by atoms with Gasteiger partial charge in [-0.15, -0.1) is 0 Å². The lowest BCUT2D eigenvalue weighted by Gasteiger charge is -2.41. The zero-order chi connectivity index (χ0) is 11.9. The molecule has 2 aliphatic carbocycles. The van der Waals surface area contributed by atoms with Crippen LogP contribution in [0.1, 0.15) is 70.6 Å². The normalized spacial score (nSPS) is 24.4. The van der Waals surface area contributed by atoms with Gasteiger partial charge in [-0.25, -0.2) is 0 Å². The molecule has 2 rings (SSSR count). The van der Waals surface area contributed by atoms with Crippen LogP contribution < -0.4 is 0 Å². The predicted octanol–water partition coefficient (Wildman–Crippen LogP) is 4.74. The van der Waals surface area contributed by atoms with E-state index in [1.807, 2.05) is 0 Å². The van der Waals surface area contributed by atoms with Gasteiger partial charge in [0.15, 0.2) is 0 Å². The lowest BCUT2D eigenvalue weighted by Crippen LogP contribution is -2.45. The monoisotopic (exact) mass is 301 g/mol. The Morgan fingerprint density at radius 3 is 1.65 bits per heavy atom. The van der Waals surface area contributed by atoms with E-state index in [0.717, 1.165) is 12.1 Å². The molecule has 1 nitrogen and oxygen atoms in total. The number of rotatable bonds is 5. The van der Waals surface area contributed by atoms with Crippen molar-refractivity contribution in [2.75, 3.05) is 11.9 Å². The Labute approximate surface area is 115 Å². The van der Waals surface area contributed by atoms with Crippen LogP contribution in [-0.2, 0) is 0 Å². The van der Waals surface area contributed by atoms with Crippen molar-refractivity contribution in [2.24, 2.45) is 0 Å². The Morgan fingerprint density at radius 1 is 0.765 bits per heavy atom. The highest BCUT2D eigenvalue weighted by Gasteiger charge is 2.27. The number of nitrogens with zero attached hydrogens (tertiary/aromatic N) is 1. The minimum atomic E-state index is 0.922. The van der Waals surface area contributed by atoms with Gasteiger partial charge in [0.1, 0.15) is 0 Å². The van der Waals surface area contributed by atoms with Gasteiger partial charge in [-0.05, 0) is 38.6 Å². The Hall–Kier alpha value is 0.440. The highest BCUT2D eigenvalue weighted by Crippen LogP contribution is 2.30. The largest absolute Gasteiger partial charge is 0.297 e. The van der Waals surface area contributed by atoms with Crippen LogP contribution in [0.3, 0.4) is 0 Å². The van der Waals surface area contributed by atoms with Gasteiger partial charge in [0.2, 0.25) is 0 Å². The summed E-state index contributed by atoms with van der Waals surface area (Å²) in [6, 6.07) is 1.84. The molecule has 0 atom stereocenters.